The van der Waals surface area contributed by atoms with E-state index in [1.165, 1.54) is 0 Å². The molecule has 1 fully saturated rings. The molecule has 0 saturated carbocycles. The highest BCUT2D eigenvalue weighted by Crippen LogP contribution is 2.20. The molecule has 0 N–H and O–H groups in total. The van der Waals surface area contributed by atoms with E-state index in [0.717, 1.165) is 0 Å². The Bertz CT molecular complexity index is 317. The van der Waals surface area contributed by atoms with Gasteiger partial charge in [-0.25, -0.2) is 13.5 Å². The first-order chi connectivity index (χ1) is 6.27. The number of aromatic nitrogens is 1. The highest BCUT2D eigenvalue weighted by Gasteiger charge is 2.28. The lowest BCUT2D eigenvalue weighted by Gasteiger charge is -2.11. The Balaban J connectivity index is 2.23. The van der Waals surface area contributed by atoms with Crippen LogP contribution in [0.3, 0.4) is 0 Å². The molecule has 1 aliphatic heterocycles. The van der Waals surface area contributed by atoms with Gasteiger partial charge in [0.05, 0.1) is 12.6 Å². The molecule has 0 bridgehead atoms. The van der Waals surface area contributed by atoms with Crippen molar-refractivity contribution < 1.29 is 8.39 Å². The van der Waals surface area contributed by atoms with Gasteiger partial charge in [0.15, 0.2) is 0 Å². The van der Waals surface area contributed by atoms with Crippen LogP contribution in [-0.4, -0.2) is 21.8 Å². The fourth-order valence-electron chi connectivity index (χ4n) is 1.19. The van der Waals surface area contributed by atoms with E-state index in [9.17, 15) is 4.21 Å². The SMILES string of the molecule is C[C@H]1CN(c2ccccn2)[S@](=O)O1. The van der Waals surface area contributed by atoms with Crippen LogP contribution in [0.4, 0.5) is 5.82 Å². The van der Waals surface area contributed by atoms with E-state index in [0.29, 0.717) is 12.4 Å². The highest BCUT2D eigenvalue weighted by atomic mass is 32.2. The quantitative estimate of drug-likeness (QED) is 0.673. The van der Waals surface area contributed by atoms with Crippen LogP contribution < -0.4 is 4.31 Å². The fourth-order valence-corrected chi connectivity index (χ4v) is 2.23. The van der Waals surface area contributed by atoms with Crippen molar-refractivity contribution >= 4 is 17.1 Å². The van der Waals surface area contributed by atoms with E-state index in [2.05, 4.69) is 4.98 Å². The van der Waals surface area contributed by atoms with Gasteiger partial charge >= 0.3 is 0 Å². The van der Waals surface area contributed by atoms with Gasteiger partial charge in [0.25, 0.3) is 11.3 Å². The maximum absolute atomic E-state index is 11.4. The summed E-state index contributed by atoms with van der Waals surface area (Å²) in [6.07, 6.45) is 1.68. The van der Waals surface area contributed by atoms with E-state index in [1.807, 2.05) is 25.1 Å². The Hall–Kier alpha value is -0.940. The maximum Gasteiger partial charge on any atom is 0.266 e. The molecule has 1 aliphatic rings. The molecule has 13 heavy (non-hydrogen) atoms. The molecule has 2 atom stereocenters. The van der Waals surface area contributed by atoms with Gasteiger partial charge in [-0.05, 0) is 19.1 Å². The molecule has 0 spiro atoms. The number of anilines is 1. The minimum atomic E-state index is -1.37. The lowest BCUT2D eigenvalue weighted by atomic mass is 10.4. The number of nitrogens with zero attached hydrogens (tertiary/aromatic N) is 2. The van der Waals surface area contributed by atoms with Crippen molar-refractivity contribution in [3.63, 3.8) is 0 Å². The Morgan fingerprint density at radius 2 is 2.54 bits per heavy atom. The minimum absolute atomic E-state index is 0.00263. The monoisotopic (exact) mass is 198 g/mol. The molecule has 0 unspecified atom stereocenters. The Morgan fingerprint density at radius 3 is 3.08 bits per heavy atom. The van der Waals surface area contributed by atoms with Crippen LogP contribution >= 0.6 is 0 Å². The van der Waals surface area contributed by atoms with Gasteiger partial charge < -0.3 is 0 Å². The first-order valence-electron chi connectivity index (χ1n) is 4.05. The van der Waals surface area contributed by atoms with Crippen LogP contribution in [-0.2, 0) is 15.4 Å². The summed E-state index contributed by atoms with van der Waals surface area (Å²) in [5, 5.41) is 0. The van der Waals surface area contributed by atoms with E-state index in [4.69, 9.17) is 4.18 Å². The second kappa shape index (κ2) is 3.43. The van der Waals surface area contributed by atoms with E-state index in [-0.39, 0.29) is 6.10 Å². The number of pyridine rings is 1. The molecule has 4 nitrogen and oxygen atoms in total. The van der Waals surface area contributed by atoms with Crippen molar-refractivity contribution in [2.45, 2.75) is 13.0 Å². The van der Waals surface area contributed by atoms with Crippen LogP contribution in [0, 0.1) is 0 Å². The van der Waals surface area contributed by atoms with Gasteiger partial charge in [-0.15, -0.1) is 0 Å². The van der Waals surface area contributed by atoms with E-state index < -0.39 is 11.3 Å². The third-order valence-electron chi connectivity index (χ3n) is 1.75. The van der Waals surface area contributed by atoms with Crippen molar-refractivity contribution in [1.29, 1.82) is 0 Å². The second-order valence-corrected chi connectivity index (χ2v) is 3.94. The fraction of sp³-hybridized carbons (Fsp3) is 0.375. The average molecular weight is 198 g/mol. The Labute approximate surface area is 79.3 Å². The summed E-state index contributed by atoms with van der Waals surface area (Å²) in [6.45, 7) is 2.52. The van der Waals surface area contributed by atoms with Crippen LogP contribution in [0.25, 0.3) is 0 Å². The van der Waals surface area contributed by atoms with Crippen LogP contribution in [0.1, 0.15) is 6.92 Å². The third-order valence-corrected chi connectivity index (χ3v) is 2.94. The summed E-state index contributed by atoms with van der Waals surface area (Å²) >= 11 is -1.37. The van der Waals surface area contributed by atoms with Crippen molar-refractivity contribution in [2.75, 3.05) is 10.8 Å². The Kier molecular flexibility index (Phi) is 2.28. The molecule has 1 aromatic rings. The lowest BCUT2D eigenvalue weighted by molar-refractivity contribution is 0.287. The molecular weight excluding hydrogens is 188 g/mol. The molecule has 0 amide bonds. The predicted molar refractivity (Wildman–Crippen MR) is 50.3 cm³/mol. The third kappa shape index (κ3) is 1.71. The number of hydrogen-bond donors (Lipinski definition) is 0. The molecule has 1 saturated heterocycles. The van der Waals surface area contributed by atoms with E-state index in [1.54, 1.807) is 10.5 Å². The van der Waals surface area contributed by atoms with Crippen molar-refractivity contribution in [2.24, 2.45) is 0 Å². The normalized spacial score (nSPS) is 27.9. The predicted octanol–water partition coefficient (Wildman–Crippen LogP) is 0.885. The van der Waals surface area contributed by atoms with Gasteiger partial charge in [-0.3, -0.25) is 4.18 Å². The van der Waals surface area contributed by atoms with Gasteiger partial charge in [-0.2, -0.15) is 0 Å². The molecule has 0 radical (unpaired) electrons. The lowest BCUT2D eigenvalue weighted by Crippen LogP contribution is -2.21. The van der Waals surface area contributed by atoms with Gasteiger partial charge in [0, 0.05) is 6.20 Å². The second-order valence-electron chi connectivity index (χ2n) is 2.87. The highest BCUT2D eigenvalue weighted by molar-refractivity contribution is 7.82. The smallest absolute Gasteiger partial charge is 0.266 e. The van der Waals surface area contributed by atoms with Crippen LogP contribution in [0.5, 0.6) is 0 Å². The summed E-state index contributed by atoms with van der Waals surface area (Å²) in [5.41, 5.74) is 0. The first-order valence-corrected chi connectivity index (χ1v) is 5.08. The molecular formula is C8H10N2O2S. The number of hydrogen-bond acceptors (Lipinski definition) is 3. The molecule has 0 aliphatic carbocycles. The summed E-state index contributed by atoms with van der Waals surface area (Å²) < 4.78 is 18.1. The summed E-state index contributed by atoms with van der Waals surface area (Å²) in [5.74, 6) is 0.699. The zero-order valence-electron chi connectivity index (χ0n) is 7.21. The molecule has 2 heterocycles. The van der Waals surface area contributed by atoms with Gasteiger partial charge in [-0.1, -0.05) is 6.07 Å². The summed E-state index contributed by atoms with van der Waals surface area (Å²) in [6, 6.07) is 5.51. The zero-order chi connectivity index (χ0) is 9.26. The first kappa shape index (κ1) is 8.65. The average Bonchev–Trinajstić information content (AvgIpc) is 2.47. The van der Waals surface area contributed by atoms with Crippen molar-refractivity contribution in [1.82, 2.24) is 4.98 Å². The molecule has 5 heteroatoms. The van der Waals surface area contributed by atoms with Gasteiger partial charge in [0.2, 0.25) is 0 Å². The maximum atomic E-state index is 11.4. The molecule has 2 rings (SSSR count). The largest absolute Gasteiger partial charge is 0.269 e. The summed E-state index contributed by atoms with van der Waals surface area (Å²) in [7, 11) is 0. The van der Waals surface area contributed by atoms with Crippen molar-refractivity contribution in [3.8, 4) is 0 Å². The van der Waals surface area contributed by atoms with Gasteiger partial charge in [0.1, 0.15) is 5.82 Å². The molecule has 1 aromatic heterocycles. The van der Waals surface area contributed by atoms with Crippen LogP contribution in [0.2, 0.25) is 0 Å². The summed E-state index contributed by atoms with van der Waals surface area (Å²) in [4.78, 5) is 4.10. The van der Waals surface area contributed by atoms with E-state index >= 15 is 0 Å². The molecule has 0 aromatic carbocycles. The number of rotatable bonds is 1. The van der Waals surface area contributed by atoms with Crippen LogP contribution in [0.15, 0.2) is 24.4 Å². The standard InChI is InChI=1S/C8H10N2O2S/c1-7-6-10(13(11)12-7)8-4-2-3-5-9-8/h2-5,7H,6H2,1H3/t7-,13+/m0/s1. The topological polar surface area (TPSA) is 42.4 Å². The zero-order valence-corrected chi connectivity index (χ0v) is 8.03. The Morgan fingerprint density at radius 1 is 1.69 bits per heavy atom. The molecule has 70 valence electrons. The van der Waals surface area contributed by atoms with Crippen molar-refractivity contribution in [3.05, 3.63) is 24.4 Å². The minimum Gasteiger partial charge on any atom is -0.269 e.